The maximum absolute atomic E-state index is 11.7. The van der Waals surface area contributed by atoms with E-state index in [-0.39, 0.29) is 19.8 Å². The zero-order valence-electron chi connectivity index (χ0n) is 11.5. The lowest BCUT2D eigenvalue weighted by Crippen LogP contribution is -2.47. The number of hydrogen-bond acceptors (Lipinski definition) is 4. The molecule has 0 aromatic rings. The summed E-state index contributed by atoms with van der Waals surface area (Å²) in [6.07, 6.45) is 1.42. The smallest absolute Gasteiger partial charge is 0.429 e. The van der Waals surface area contributed by atoms with Gasteiger partial charge in [-0.15, -0.1) is 0 Å². The van der Waals surface area contributed by atoms with E-state index in [9.17, 15) is 9.59 Å². The lowest BCUT2D eigenvalue weighted by Gasteiger charge is -2.22. The van der Waals surface area contributed by atoms with Crippen molar-refractivity contribution in [3.05, 3.63) is 11.6 Å². The van der Waals surface area contributed by atoms with Crippen molar-refractivity contribution in [1.29, 1.82) is 0 Å². The third kappa shape index (κ3) is 6.12. The number of allylic oxidation sites excluding steroid dienone is 1. The molecule has 1 N–H and O–H groups in total. The molecule has 0 unspecified atom stereocenters. The summed E-state index contributed by atoms with van der Waals surface area (Å²) in [5.74, 6) is 0. The second kappa shape index (κ2) is 9.32. The van der Waals surface area contributed by atoms with E-state index in [2.05, 4.69) is 5.43 Å². The zero-order valence-corrected chi connectivity index (χ0v) is 11.5. The average Bonchev–Trinajstić information content (AvgIpc) is 2.35. The van der Waals surface area contributed by atoms with Gasteiger partial charge in [0.1, 0.15) is 0 Å². The van der Waals surface area contributed by atoms with Crippen LogP contribution >= 0.6 is 0 Å². The van der Waals surface area contributed by atoms with Crippen molar-refractivity contribution in [3.63, 3.8) is 0 Å². The molecule has 0 atom stereocenters. The van der Waals surface area contributed by atoms with Crippen molar-refractivity contribution in [2.75, 3.05) is 19.8 Å². The molecule has 0 saturated carbocycles. The molecule has 0 aliphatic heterocycles. The van der Waals surface area contributed by atoms with Gasteiger partial charge in [0.2, 0.25) is 0 Å². The number of hydrogen-bond donors (Lipinski definition) is 1. The van der Waals surface area contributed by atoms with Gasteiger partial charge in [0.25, 0.3) is 0 Å². The molecule has 6 nitrogen and oxygen atoms in total. The minimum atomic E-state index is -0.669. The fourth-order valence-electron chi connectivity index (χ4n) is 1.23. The first-order valence-electron chi connectivity index (χ1n) is 6.10. The Morgan fingerprint density at radius 1 is 1.17 bits per heavy atom. The lowest BCUT2D eigenvalue weighted by atomic mass is 10.2. The topological polar surface area (TPSA) is 67.9 Å². The number of amides is 2. The maximum atomic E-state index is 11.7. The van der Waals surface area contributed by atoms with Gasteiger partial charge in [0.15, 0.2) is 0 Å². The fourth-order valence-corrected chi connectivity index (χ4v) is 1.23. The number of hydrazine groups is 1. The van der Waals surface area contributed by atoms with Crippen LogP contribution in [0.2, 0.25) is 0 Å². The number of nitrogens with one attached hydrogen (secondary N) is 1. The Bertz CT molecular complexity index is 302. The Kier molecular flexibility index (Phi) is 8.43. The number of carbonyl (C=O) groups excluding carboxylic acids is 2. The van der Waals surface area contributed by atoms with E-state index >= 15 is 0 Å². The lowest BCUT2D eigenvalue weighted by molar-refractivity contribution is 0.0778. The number of rotatable bonds is 5. The molecule has 18 heavy (non-hydrogen) atoms. The molecule has 0 saturated heterocycles. The third-order valence-electron chi connectivity index (χ3n) is 2.21. The highest BCUT2D eigenvalue weighted by Crippen LogP contribution is 2.04. The summed E-state index contributed by atoms with van der Waals surface area (Å²) in [5, 5.41) is 1.11. The third-order valence-corrected chi connectivity index (χ3v) is 2.21. The van der Waals surface area contributed by atoms with E-state index in [1.165, 1.54) is 0 Å². The van der Waals surface area contributed by atoms with Crippen LogP contribution in [0.15, 0.2) is 11.6 Å². The first-order chi connectivity index (χ1) is 8.58. The van der Waals surface area contributed by atoms with Gasteiger partial charge in [-0.25, -0.2) is 20.0 Å². The summed E-state index contributed by atoms with van der Waals surface area (Å²) >= 11 is 0. The summed E-state index contributed by atoms with van der Waals surface area (Å²) in [7, 11) is 0. The second-order valence-corrected chi connectivity index (χ2v) is 3.42. The van der Waals surface area contributed by atoms with E-state index < -0.39 is 12.2 Å². The summed E-state index contributed by atoms with van der Waals surface area (Å²) < 4.78 is 9.59. The van der Waals surface area contributed by atoms with Crippen LogP contribution in [0.5, 0.6) is 0 Å². The average molecular weight is 258 g/mol. The molecule has 2 amide bonds. The Morgan fingerprint density at radius 2 is 1.78 bits per heavy atom. The van der Waals surface area contributed by atoms with E-state index in [0.717, 1.165) is 17.0 Å². The highest BCUT2D eigenvalue weighted by Gasteiger charge is 2.18. The standard InChI is InChI=1S/C12H22N2O4/c1-5-10(6-2)9-14(12(16)18-8-4)13-11(15)17-7-3/h5H,6-9H2,1-4H3,(H,13,15)/b10-5-. The van der Waals surface area contributed by atoms with Crippen LogP contribution < -0.4 is 5.43 Å². The Morgan fingerprint density at radius 3 is 2.22 bits per heavy atom. The molecule has 0 spiro atoms. The minimum Gasteiger partial charge on any atom is -0.449 e. The van der Waals surface area contributed by atoms with Gasteiger partial charge in [-0.05, 0) is 27.2 Å². The van der Waals surface area contributed by atoms with Crippen molar-refractivity contribution < 1.29 is 19.1 Å². The molecule has 0 radical (unpaired) electrons. The molecule has 0 bridgehead atoms. The van der Waals surface area contributed by atoms with Crippen LogP contribution in [0.25, 0.3) is 0 Å². The monoisotopic (exact) mass is 258 g/mol. The summed E-state index contributed by atoms with van der Waals surface area (Å²) in [4.78, 5) is 23.0. The Balaban J connectivity index is 4.61. The van der Waals surface area contributed by atoms with Crippen LogP contribution in [-0.2, 0) is 9.47 Å². The maximum Gasteiger partial charge on any atom is 0.429 e. The summed E-state index contributed by atoms with van der Waals surface area (Å²) in [6, 6.07) is 0. The van der Waals surface area contributed by atoms with E-state index in [1.54, 1.807) is 13.8 Å². The Labute approximate surface area is 108 Å². The van der Waals surface area contributed by atoms with Crippen LogP contribution in [-0.4, -0.2) is 37.0 Å². The van der Waals surface area contributed by atoms with Crippen molar-refractivity contribution >= 4 is 12.2 Å². The van der Waals surface area contributed by atoms with Crippen molar-refractivity contribution in [3.8, 4) is 0 Å². The second-order valence-electron chi connectivity index (χ2n) is 3.42. The van der Waals surface area contributed by atoms with Crippen molar-refractivity contribution in [2.24, 2.45) is 0 Å². The number of ether oxygens (including phenoxy) is 2. The SMILES string of the molecule is C/C=C(/CC)CN(NC(=O)OCC)C(=O)OCC. The quantitative estimate of drug-likeness (QED) is 0.607. The van der Waals surface area contributed by atoms with Crippen molar-refractivity contribution in [2.45, 2.75) is 34.1 Å². The summed E-state index contributed by atoms with van der Waals surface area (Å²) in [6.45, 7) is 8.03. The van der Waals surface area contributed by atoms with Gasteiger partial charge in [0, 0.05) is 0 Å². The Hall–Kier alpha value is -1.72. The molecule has 0 aliphatic rings. The fraction of sp³-hybridized carbons (Fsp3) is 0.667. The predicted molar refractivity (Wildman–Crippen MR) is 67.9 cm³/mol. The number of carbonyl (C=O) groups is 2. The molecule has 6 heteroatoms. The largest absolute Gasteiger partial charge is 0.449 e. The summed E-state index contributed by atoms with van der Waals surface area (Å²) in [5.41, 5.74) is 3.37. The molecule has 104 valence electrons. The molecular formula is C12H22N2O4. The van der Waals surface area contributed by atoms with Crippen molar-refractivity contribution in [1.82, 2.24) is 10.4 Å². The van der Waals surface area contributed by atoms with Gasteiger partial charge < -0.3 is 9.47 Å². The molecule has 0 heterocycles. The zero-order chi connectivity index (χ0) is 14.0. The van der Waals surface area contributed by atoms with Gasteiger partial charge in [0.05, 0.1) is 19.8 Å². The molecule has 0 fully saturated rings. The first-order valence-corrected chi connectivity index (χ1v) is 6.10. The first kappa shape index (κ1) is 16.3. The highest BCUT2D eigenvalue weighted by atomic mass is 16.6. The van der Waals surface area contributed by atoms with E-state index in [1.807, 2.05) is 19.9 Å². The van der Waals surface area contributed by atoms with Crippen LogP contribution in [0.4, 0.5) is 9.59 Å². The van der Waals surface area contributed by atoms with Gasteiger partial charge >= 0.3 is 12.2 Å². The normalized spacial score (nSPS) is 10.8. The van der Waals surface area contributed by atoms with Gasteiger partial charge in [-0.3, -0.25) is 0 Å². The minimum absolute atomic E-state index is 0.243. The molecular weight excluding hydrogens is 236 g/mol. The van der Waals surface area contributed by atoms with Gasteiger partial charge in [-0.2, -0.15) is 0 Å². The van der Waals surface area contributed by atoms with Crippen LogP contribution in [0.1, 0.15) is 34.1 Å². The highest BCUT2D eigenvalue weighted by molar-refractivity contribution is 5.74. The van der Waals surface area contributed by atoms with E-state index in [0.29, 0.717) is 0 Å². The molecule has 0 rings (SSSR count). The molecule has 0 aromatic carbocycles. The van der Waals surface area contributed by atoms with Crippen LogP contribution in [0.3, 0.4) is 0 Å². The van der Waals surface area contributed by atoms with Gasteiger partial charge in [-0.1, -0.05) is 18.6 Å². The molecule has 0 aliphatic carbocycles. The molecule has 0 aromatic heterocycles. The van der Waals surface area contributed by atoms with Crippen LogP contribution in [0, 0.1) is 0 Å². The number of nitrogens with zero attached hydrogens (tertiary/aromatic N) is 1. The van der Waals surface area contributed by atoms with E-state index in [4.69, 9.17) is 9.47 Å². The predicted octanol–water partition coefficient (Wildman–Crippen LogP) is 2.46.